The lowest BCUT2D eigenvalue weighted by molar-refractivity contribution is 0.218. The van der Waals surface area contributed by atoms with Crippen LogP contribution in [0.15, 0.2) is 6.33 Å². The van der Waals surface area contributed by atoms with Crippen molar-refractivity contribution in [2.75, 3.05) is 52.0 Å². The third kappa shape index (κ3) is 4.16. The van der Waals surface area contributed by atoms with Crippen LogP contribution in [-0.4, -0.2) is 62.2 Å². The molecule has 3 N–H and O–H groups in total. The summed E-state index contributed by atoms with van der Waals surface area (Å²) in [5.74, 6) is 1.74. The lowest BCUT2D eigenvalue weighted by Gasteiger charge is -2.14. The second-order valence-electron chi connectivity index (χ2n) is 3.91. The van der Waals surface area contributed by atoms with Gasteiger partial charge >= 0.3 is 6.03 Å². The Morgan fingerprint density at radius 2 is 2.00 bits per heavy atom. The van der Waals surface area contributed by atoms with Gasteiger partial charge in [-0.15, -0.1) is 0 Å². The number of hydrogen-bond donors (Lipinski definition) is 3. The summed E-state index contributed by atoms with van der Waals surface area (Å²) in [6, 6.07) is -0.132. The normalized spacial score (nSPS) is 9.68. The van der Waals surface area contributed by atoms with Crippen molar-refractivity contribution < 1.29 is 9.53 Å². The van der Waals surface area contributed by atoms with E-state index in [2.05, 4.69) is 25.9 Å². The van der Waals surface area contributed by atoms with Crippen LogP contribution < -0.4 is 20.7 Å². The summed E-state index contributed by atoms with van der Waals surface area (Å²) in [5.41, 5.74) is 0. The molecule has 0 bridgehead atoms. The highest BCUT2D eigenvalue weighted by molar-refractivity contribution is 5.73. The molecule has 0 saturated heterocycles. The van der Waals surface area contributed by atoms with Crippen LogP contribution in [0.2, 0.25) is 0 Å². The molecule has 0 radical (unpaired) electrons. The molecule has 0 fully saturated rings. The van der Waals surface area contributed by atoms with E-state index in [1.165, 1.54) is 11.2 Å². The summed E-state index contributed by atoms with van der Waals surface area (Å²) in [6.07, 6.45) is 1.44. The number of nitrogens with one attached hydrogen (secondary N) is 3. The van der Waals surface area contributed by atoms with Crippen LogP contribution in [0.5, 0.6) is 5.75 Å². The molecule has 1 heterocycles. The summed E-state index contributed by atoms with van der Waals surface area (Å²) in [6.45, 7) is 1.02. The summed E-state index contributed by atoms with van der Waals surface area (Å²) in [7, 11) is 6.69. The Balaban J connectivity index is 2.51. The number of urea groups is 1. The molecule has 1 rings (SSSR count). The Morgan fingerprint density at radius 3 is 2.58 bits per heavy atom. The van der Waals surface area contributed by atoms with Gasteiger partial charge in [-0.25, -0.2) is 14.8 Å². The highest BCUT2D eigenvalue weighted by Gasteiger charge is 2.10. The zero-order valence-electron chi connectivity index (χ0n) is 11.6. The second kappa shape index (κ2) is 7.24. The Kier molecular flexibility index (Phi) is 5.65. The molecule has 8 heteroatoms. The van der Waals surface area contributed by atoms with E-state index in [1.807, 2.05) is 0 Å². The maximum Gasteiger partial charge on any atom is 0.316 e. The van der Waals surface area contributed by atoms with Gasteiger partial charge in [-0.3, -0.25) is 0 Å². The molecule has 0 aliphatic rings. The van der Waals surface area contributed by atoms with Crippen molar-refractivity contribution in [2.45, 2.75) is 0 Å². The Hall–Kier alpha value is -2.25. The topological polar surface area (TPSA) is 91.4 Å². The fourth-order valence-electron chi connectivity index (χ4n) is 1.38. The molecule has 106 valence electrons. The number of rotatable bonds is 6. The third-order valence-electron chi connectivity index (χ3n) is 2.34. The zero-order chi connectivity index (χ0) is 14.3. The molecule has 0 aromatic carbocycles. The van der Waals surface area contributed by atoms with Gasteiger partial charge in [0.05, 0.1) is 7.11 Å². The Labute approximate surface area is 112 Å². The van der Waals surface area contributed by atoms with Crippen LogP contribution in [0.4, 0.5) is 16.4 Å². The number of ether oxygens (including phenoxy) is 1. The lowest BCUT2D eigenvalue weighted by Crippen LogP contribution is -2.37. The average Bonchev–Trinajstić information content (AvgIpc) is 2.42. The Morgan fingerprint density at radius 1 is 1.32 bits per heavy atom. The SMILES string of the molecule is CNc1ncnc(NCCNC(=O)N(C)C)c1OC. The van der Waals surface area contributed by atoms with Crippen molar-refractivity contribution in [1.29, 1.82) is 0 Å². The van der Waals surface area contributed by atoms with Crippen molar-refractivity contribution in [3.05, 3.63) is 6.33 Å². The monoisotopic (exact) mass is 268 g/mol. The van der Waals surface area contributed by atoms with Crippen LogP contribution in [0.25, 0.3) is 0 Å². The van der Waals surface area contributed by atoms with E-state index in [4.69, 9.17) is 4.74 Å². The van der Waals surface area contributed by atoms with E-state index in [0.717, 1.165) is 0 Å². The first kappa shape index (κ1) is 14.8. The number of nitrogens with zero attached hydrogens (tertiary/aromatic N) is 3. The number of anilines is 2. The van der Waals surface area contributed by atoms with Crippen LogP contribution in [0.3, 0.4) is 0 Å². The van der Waals surface area contributed by atoms with Gasteiger partial charge in [0.1, 0.15) is 6.33 Å². The van der Waals surface area contributed by atoms with Gasteiger partial charge in [0.15, 0.2) is 11.6 Å². The molecule has 8 nitrogen and oxygen atoms in total. The first-order valence-electron chi connectivity index (χ1n) is 5.86. The van der Waals surface area contributed by atoms with Crippen LogP contribution >= 0.6 is 0 Å². The first-order chi connectivity index (χ1) is 9.10. The van der Waals surface area contributed by atoms with Crippen LogP contribution in [-0.2, 0) is 0 Å². The van der Waals surface area contributed by atoms with Gasteiger partial charge in [-0.2, -0.15) is 0 Å². The van der Waals surface area contributed by atoms with Gasteiger partial charge in [0.2, 0.25) is 5.75 Å². The number of hydrogen-bond acceptors (Lipinski definition) is 6. The van der Waals surface area contributed by atoms with Gasteiger partial charge in [-0.05, 0) is 0 Å². The fraction of sp³-hybridized carbons (Fsp3) is 0.545. The van der Waals surface area contributed by atoms with Crippen LogP contribution in [0.1, 0.15) is 0 Å². The van der Waals surface area contributed by atoms with Gasteiger partial charge in [0.25, 0.3) is 0 Å². The molecule has 0 unspecified atom stereocenters. The fourth-order valence-corrected chi connectivity index (χ4v) is 1.38. The summed E-state index contributed by atoms with van der Waals surface area (Å²) < 4.78 is 5.24. The summed E-state index contributed by atoms with van der Waals surface area (Å²) in [5, 5.41) is 8.74. The Bertz CT molecular complexity index is 424. The second-order valence-corrected chi connectivity index (χ2v) is 3.91. The lowest BCUT2D eigenvalue weighted by atomic mass is 10.4. The van der Waals surface area contributed by atoms with E-state index in [-0.39, 0.29) is 6.03 Å². The van der Waals surface area contributed by atoms with E-state index in [9.17, 15) is 4.79 Å². The molecule has 0 spiro atoms. The van der Waals surface area contributed by atoms with Gasteiger partial charge in [-0.1, -0.05) is 0 Å². The zero-order valence-corrected chi connectivity index (χ0v) is 11.6. The van der Waals surface area contributed by atoms with Gasteiger partial charge < -0.3 is 25.6 Å². The molecular formula is C11H20N6O2. The number of carbonyl (C=O) groups excluding carboxylic acids is 1. The smallest absolute Gasteiger partial charge is 0.316 e. The average molecular weight is 268 g/mol. The summed E-state index contributed by atoms with van der Waals surface area (Å²) in [4.78, 5) is 20.9. The predicted octanol–water partition coefficient (Wildman–Crippen LogP) is 0.210. The largest absolute Gasteiger partial charge is 0.490 e. The molecule has 19 heavy (non-hydrogen) atoms. The minimum atomic E-state index is -0.132. The molecule has 1 aromatic rings. The van der Waals surface area contributed by atoms with E-state index in [0.29, 0.717) is 30.5 Å². The van der Waals surface area contributed by atoms with Crippen molar-refractivity contribution in [2.24, 2.45) is 0 Å². The minimum Gasteiger partial charge on any atom is -0.490 e. The number of aromatic nitrogens is 2. The van der Waals surface area contributed by atoms with Crippen LogP contribution in [0, 0.1) is 0 Å². The van der Waals surface area contributed by atoms with E-state index < -0.39 is 0 Å². The van der Waals surface area contributed by atoms with Crippen molar-refractivity contribution >= 4 is 17.7 Å². The molecule has 0 saturated carbocycles. The van der Waals surface area contributed by atoms with Crippen molar-refractivity contribution in [3.8, 4) is 5.75 Å². The molecule has 0 atom stereocenters. The minimum absolute atomic E-state index is 0.132. The predicted molar refractivity (Wildman–Crippen MR) is 73.7 cm³/mol. The molecule has 1 aromatic heterocycles. The maximum atomic E-state index is 11.3. The molecular weight excluding hydrogens is 248 g/mol. The van der Waals surface area contributed by atoms with Crippen molar-refractivity contribution in [1.82, 2.24) is 20.2 Å². The van der Waals surface area contributed by atoms with Gasteiger partial charge in [0, 0.05) is 34.2 Å². The van der Waals surface area contributed by atoms with E-state index in [1.54, 1.807) is 28.3 Å². The molecule has 0 aliphatic heterocycles. The molecule has 0 aliphatic carbocycles. The third-order valence-corrected chi connectivity index (χ3v) is 2.34. The van der Waals surface area contributed by atoms with E-state index >= 15 is 0 Å². The number of methoxy groups -OCH3 is 1. The standard InChI is InChI=1S/C11H20N6O2/c1-12-9-8(19-4)10(16-7-15-9)13-5-6-14-11(18)17(2)3/h7H,5-6H2,1-4H3,(H,14,18)(H2,12,13,15,16). The molecule has 2 amide bonds. The number of carbonyl (C=O) groups is 1. The van der Waals surface area contributed by atoms with Crippen molar-refractivity contribution in [3.63, 3.8) is 0 Å². The summed E-state index contributed by atoms with van der Waals surface area (Å²) >= 11 is 0. The highest BCUT2D eigenvalue weighted by Crippen LogP contribution is 2.27. The quantitative estimate of drug-likeness (QED) is 0.639. The first-order valence-corrected chi connectivity index (χ1v) is 5.86. The number of amides is 2. The highest BCUT2D eigenvalue weighted by atomic mass is 16.5. The maximum absolute atomic E-state index is 11.3.